The molecule has 3 aromatic rings. The van der Waals surface area contributed by atoms with E-state index in [0.717, 1.165) is 4.68 Å². The number of alkyl halides is 3. The average molecular weight is 507 g/mol. The van der Waals surface area contributed by atoms with Gasteiger partial charge in [0.1, 0.15) is 11.5 Å². The lowest BCUT2D eigenvalue weighted by molar-refractivity contribution is -0.135. The van der Waals surface area contributed by atoms with E-state index in [0.29, 0.717) is 29.8 Å². The number of rotatable bonds is 8. The van der Waals surface area contributed by atoms with Crippen molar-refractivity contribution >= 4 is 17.2 Å². The van der Waals surface area contributed by atoms with Crippen molar-refractivity contribution < 1.29 is 22.4 Å². The van der Waals surface area contributed by atoms with Crippen LogP contribution >= 0.6 is 0 Å². The van der Waals surface area contributed by atoms with E-state index in [9.17, 15) is 22.8 Å². The molecular formula is C23H25F4N7O2. The van der Waals surface area contributed by atoms with Gasteiger partial charge in [-0.25, -0.2) is 14.3 Å². The quantitative estimate of drug-likeness (QED) is 0.359. The third-order valence-electron chi connectivity index (χ3n) is 6.18. The molecule has 4 rings (SSSR count). The number of benzene rings is 1. The van der Waals surface area contributed by atoms with E-state index < -0.39 is 35.6 Å². The molecule has 1 amide bonds. The van der Waals surface area contributed by atoms with Gasteiger partial charge in [-0.05, 0) is 61.2 Å². The number of halogens is 4. The van der Waals surface area contributed by atoms with Crippen LogP contribution in [0.5, 0.6) is 0 Å². The van der Waals surface area contributed by atoms with Crippen LogP contribution in [0.4, 0.5) is 17.6 Å². The molecule has 0 aliphatic carbocycles. The molecule has 3 heterocycles. The predicted molar refractivity (Wildman–Crippen MR) is 122 cm³/mol. The van der Waals surface area contributed by atoms with Gasteiger partial charge in [-0.2, -0.15) is 23.0 Å². The first kappa shape index (κ1) is 25.3. The summed E-state index contributed by atoms with van der Waals surface area (Å²) in [6.07, 6.45) is -2.73. The van der Waals surface area contributed by atoms with E-state index in [1.807, 2.05) is 6.92 Å². The molecule has 0 bridgehead atoms. The number of tetrazole rings is 1. The maximum Gasteiger partial charge on any atom is 0.389 e. The van der Waals surface area contributed by atoms with E-state index in [4.69, 9.17) is 0 Å². The predicted octanol–water partition coefficient (Wildman–Crippen LogP) is 3.40. The molecule has 192 valence electrons. The number of aryl methyl sites for hydroxylation is 2. The maximum absolute atomic E-state index is 15.3. The smallest absolute Gasteiger partial charge is 0.341 e. The summed E-state index contributed by atoms with van der Waals surface area (Å²) >= 11 is 0. The molecule has 0 saturated carbocycles. The third-order valence-corrected chi connectivity index (χ3v) is 6.18. The molecule has 1 aromatic carbocycles. The van der Waals surface area contributed by atoms with Crippen LogP contribution in [0.25, 0.3) is 11.3 Å². The standard InChI is InChI=1S/C23H25F4N7O2/c1-3-33-11-9-18(30-33)15-13-22(2,28-20(35)19(15)34-21(36)29-31-32-34)16-8-7-14(12-17(16)24)6-4-5-10-23(25,26)27/h7-9,11-12H,3-6,10,13H2,1-2H3,(H,28,35)(H,29,32,36)/t22-/m0/s1. The van der Waals surface area contributed by atoms with Gasteiger partial charge in [0.2, 0.25) is 0 Å². The molecule has 36 heavy (non-hydrogen) atoms. The van der Waals surface area contributed by atoms with Crippen molar-refractivity contribution in [3.8, 4) is 0 Å². The Morgan fingerprint density at radius 2 is 1.94 bits per heavy atom. The largest absolute Gasteiger partial charge is 0.389 e. The van der Waals surface area contributed by atoms with Crippen molar-refractivity contribution in [1.29, 1.82) is 0 Å². The number of nitrogens with one attached hydrogen (secondary N) is 2. The summed E-state index contributed by atoms with van der Waals surface area (Å²) in [4.78, 5) is 25.5. The Hall–Kier alpha value is -3.77. The van der Waals surface area contributed by atoms with Crippen molar-refractivity contribution in [3.63, 3.8) is 0 Å². The van der Waals surface area contributed by atoms with Gasteiger partial charge in [-0.15, -0.1) is 0 Å². The van der Waals surface area contributed by atoms with Gasteiger partial charge in [0.25, 0.3) is 5.91 Å². The Balaban J connectivity index is 1.66. The molecule has 13 heteroatoms. The zero-order valence-electron chi connectivity index (χ0n) is 19.7. The molecule has 0 spiro atoms. The number of amides is 1. The molecule has 1 aliphatic rings. The van der Waals surface area contributed by atoms with Crippen LogP contribution in [0.1, 0.15) is 56.4 Å². The van der Waals surface area contributed by atoms with Gasteiger partial charge in [0.05, 0.1) is 11.2 Å². The molecule has 0 fully saturated rings. The zero-order valence-corrected chi connectivity index (χ0v) is 19.7. The summed E-state index contributed by atoms with van der Waals surface area (Å²) < 4.78 is 54.9. The molecule has 0 unspecified atom stereocenters. The van der Waals surface area contributed by atoms with Crippen molar-refractivity contribution in [2.45, 2.75) is 64.2 Å². The highest BCUT2D eigenvalue weighted by Crippen LogP contribution is 2.40. The van der Waals surface area contributed by atoms with Gasteiger partial charge in [-0.1, -0.05) is 12.1 Å². The first-order valence-corrected chi connectivity index (χ1v) is 11.5. The van der Waals surface area contributed by atoms with Crippen LogP contribution < -0.4 is 11.0 Å². The van der Waals surface area contributed by atoms with Crippen LogP contribution in [0.2, 0.25) is 0 Å². The van der Waals surface area contributed by atoms with E-state index in [1.54, 1.807) is 29.9 Å². The number of unbranched alkanes of at least 4 members (excludes halogenated alkanes) is 1. The average Bonchev–Trinajstić information content (AvgIpc) is 3.44. The molecule has 1 atom stereocenters. The van der Waals surface area contributed by atoms with Gasteiger partial charge in [0, 0.05) is 36.7 Å². The Morgan fingerprint density at radius 1 is 1.17 bits per heavy atom. The van der Waals surface area contributed by atoms with Crippen molar-refractivity contribution in [3.05, 3.63) is 63.6 Å². The highest BCUT2D eigenvalue weighted by atomic mass is 19.4. The first-order valence-electron chi connectivity index (χ1n) is 11.5. The van der Waals surface area contributed by atoms with Gasteiger partial charge in [0.15, 0.2) is 0 Å². The van der Waals surface area contributed by atoms with Crippen LogP contribution in [-0.2, 0) is 23.3 Å². The summed E-state index contributed by atoms with van der Waals surface area (Å²) in [6.45, 7) is 4.13. The molecule has 2 N–H and O–H groups in total. The molecule has 2 aromatic heterocycles. The number of carbonyl (C=O) groups excluding carboxylic acids is 1. The van der Waals surface area contributed by atoms with Crippen LogP contribution in [0.15, 0.2) is 35.3 Å². The van der Waals surface area contributed by atoms with Gasteiger partial charge >= 0.3 is 11.9 Å². The lowest BCUT2D eigenvalue weighted by atomic mass is 9.80. The lowest BCUT2D eigenvalue weighted by Gasteiger charge is -2.37. The van der Waals surface area contributed by atoms with Crippen LogP contribution in [-0.4, -0.2) is 42.1 Å². The van der Waals surface area contributed by atoms with Crippen molar-refractivity contribution in [2.75, 3.05) is 0 Å². The highest BCUT2D eigenvalue weighted by Gasteiger charge is 2.41. The zero-order chi connectivity index (χ0) is 26.1. The van der Waals surface area contributed by atoms with E-state index in [1.165, 1.54) is 12.1 Å². The van der Waals surface area contributed by atoms with E-state index >= 15 is 4.39 Å². The molecule has 1 aliphatic heterocycles. The number of nitrogens with zero attached hydrogens (tertiary/aromatic N) is 5. The number of carbonyl (C=O) groups is 1. The Kier molecular flexibility index (Phi) is 6.83. The molecular weight excluding hydrogens is 482 g/mol. The molecule has 9 nitrogen and oxygen atoms in total. The first-order chi connectivity index (χ1) is 17.0. The minimum atomic E-state index is -4.21. The topological polar surface area (TPSA) is 110 Å². The Morgan fingerprint density at radius 3 is 2.56 bits per heavy atom. The maximum atomic E-state index is 15.3. The summed E-state index contributed by atoms with van der Waals surface area (Å²) in [5.41, 5.74) is -0.376. The van der Waals surface area contributed by atoms with Crippen LogP contribution in [0.3, 0.4) is 0 Å². The summed E-state index contributed by atoms with van der Waals surface area (Å²) in [6, 6.07) is 6.16. The number of hydrogen-bond donors (Lipinski definition) is 2. The second-order valence-corrected chi connectivity index (χ2v) is 8.90. The van der Waals surface area contributed by atoms with E-state index in [2.05, 4.69) is 25.9 Å². The Labute approximate surface area is 203 Å². The second kappa shape index (κ2) is 9.70. The van der Waals surface area contributed by atoms with Gasteiger partial charge < -0.3 is 5.32 Å². The normalized spacial score (nSPS) is 18.6. The van der Waals surface area contributed by atoms with Crippen LogP contribution in [0, 0.1) is 5.82 Å². The summed E-state index contributed by atoms with van der Waals surface area (Å²) in [5, 5.41) is 16.6. The summed E-state index contributed by atoms with van der Waals surface area (Å²) in [5.74, 6) is -1.25. The number of aromatic amines is 1. The lowest BCUT2D eigenvalue weighted by Crippen LogP contribution is -2.49. The minimum absolute atomic E-state index is 0.0383. The Bertz CT molecular complexity index is 1350. The fourth-order valence-electron chi connectivity index (χ4n) is 4.39. The van der Waals surface area contributed by atoms with Crippen molar-refractivity contribution in [2.24, 2.45) is 0 Å². The molecule has 0 radical (unpaired) electrons. The number of hydrogen-bond acceptors (Lipinski definition) is 5. The second-order valence-electron chi connectivity index (χ2n) is 8.90. The third kappa shape index (κ3) is 5.24. The fourth-order valence-corrected chi connectivity index (χ4v) is 4.39. The molecule has 0 saturated heterocycles. The number of aromatic nitrogens is 6. The SMILES string of the molecule is CCn1ccc(C2=C(n3nn[nH]c3=O)C(=O)N[C@](C)(c3ccc(CCCCC(F)(F)F)cc3F)C2)n1. The minimum Gasteiger partial charge on any atom is -0.341 e. The number of H-pyrrole nitrogens is 1. The highest BCUT2D eigenvalue weighted by molar-refractivity contribution is 6.22. The van der Waals surface area contributed by atoms with Crippen molar-refractivity contribution in [1.82, 2.24) is 35.3 Å². The van der Waals surface area contributed by atoms with E-state index in [-0.39, 0.29) is 30.5 Å². The summed E-state index contributed by atoms with van der Waals surface area (Å²) in [7, 11) is 0. The van der Waals surface area contributed by atoms with Gasteiger partial charge in [-0.3, -0.25) is 9.48 Å². The fraction of sp³-hybridized carbons (Fsp3) is 0.435. The monoisotopic (exact) mass is 507 g/mol.